The first kappa shape index (κ1) is 11.2. The van der Waals surface area contributed by atoms with Gasteiger partial charge in [0.25, 0.3) is 0 Å². The fourth-order valence-electron chi connectivity index (χ4n) is 1.83. The first-order valence-electron chi connectivity index (χ1n) is 5.75. The minimum absolute atomic E-state index is 0.307. The minimum atomic E-state index is 0.307. The van der Waals surface area contributed by atoms with E-state index >= 15 is 0 Å². The number of rotatable bonds is 2. The van der Waals surface area contributed by atoms with Crippen LogP contribution < -0.4 is 4.74 Å². The van der Waals surface area contributed by atoms with E-state index in [-0.39, 0.29) is 0 Å². The molecule has 0 atom stereocenters. The molecule has 0 N–H and O–H groups in total. The molecule has 0 bridgehead atoms. The Kier molecular flexibility index (Phi) is 2.79. The van der Waals surface area contributed by atoms with E-state index < -0.39 is 0 Å². The van der Waals surface area contributed by atoms with E-state index in [1.165, 1.54) is 0 Å². The quantitative estimate of drug-likeness (QED) is 0.697. The molecule has 0 fully saturated rings. The topological polar surface area (TPSA) is 58.8 Å². The summed E-state index contributed by atoms with van der Waals surface area (Å²) in [4.78, 5) is 8.35. The van der Waals surface area contributed by atoms with Crippen molar-refractivity contribution in [3.8, 4) is 17.7 Å². The second kappa shape index (κ2) is 4.75. The van der Waals surface area contributed by atoms with E-state index in [2.05, 4.69) is 16.0 Å². The van der Waals surface area contributed by atoms with Crippen molar-refractivity contribution >= 4 is 10.9 Å². The van der Waals surface area contributed by atoms with Crippen molar-refractivity contribution in [1.82, 2.24) is 9.97 Å². The van der Waals surface area contributed by atoms with Crippen LogP contribution in [-0.2, 0) is 0 Å². The Morgan fingerprint density at radius 2 is 1.79 bits per heavy atom. The molecule has 0 saturated carbocycles. The Labute approximate surface area is 109 Å². The predicted octanol–water partition coefficient (Wildman–Crippen LogP) is 3.29. The first-order chi connectivity index (χ1) is 9.38. The lowest BCUT2D eigenvalue weighted by atomic mass is 10.2. The van der Waals surface area contributed by atoms with Crippen molar-refractivity contribution in [3.05, 3.63) is 60.4 Å². The van der Waals surface area contributed by atoms with E-state index in [1.807, 2.05) is 30.3 Å². The van der Waals surface area contributed by atoms with E-state index in [1.54, 1.807) is 24.5 Å². The highest BCUT2D eigenvalue weighted by Gasteiger charge is 2.08. The molecular weight excluding hydrogens is 238 g/mol. The molecule has 4 nitrogen and oxygen atoms in total. The van der Waals surface area contributed by atoms with Crippen LogP contribution in [0.2, 0.25) is 0 Å². The van der Waals surface area contributed by atoms with E-state index in [9.17, 15) is 0 Å². The van der Waals surface area contributed by atoms with Gasteiger partial charge in [0.1, 0.15) is 17.4 Å². The standard InChI is InChI=1S/C15H9N3O/c16-10-11-4-2-9-18-15(11)19-14-7-1-6-13-12(14)5-3-8-17-13/h1-9H. The minimum Gasteiger partial charge on any atom is -0.437 e. The lowest BCUT2D eigenvalue weighted by Gasteiger charge is -2.08. The summed E-state index contributed by atoms with van der Waals surface area (Å²) in [7, 11) is 0. The number of pyridine rings is 2. The van der Waals surface area contributed by atoms with E-state index in [0.29, 0.717) is 17.2 Å². The summed E-state index contributed by atoms with van der Waals surface area (Å²) in [5, 5.41) is 9.92. The van der Waals surface area contributed by atoms with Crippen LogP contribution in [0.1, 0.15) is 5.56 Å². The Morgan fingerprint density at radius 1 is 0.947 bits per heavy atom. The van der Waals surface area contributed by atoms with Crippen LogP contribution in [-0.4, -0.2) is 9.97 Å². The zero-order valence-electron chi connectivity index (χ0n) is 9.95. The van der Waals surface area contributed by atoms with Crippen LogP contribution in [0.3, 0.4) is 0 Å². The van der Waals surface area contributed by atoms with Crippen molar-refractivity contribution in [2.24, 2.45) is 0 Å². The number of nitrogens with zero attached hydrogens (tertiary/aromatic N) is 3. The Hall–Kier alpha value is -2.93. The van der Waals surface area contributed by atoms with Gasteiger partial charge in [-0.05, 0) is 36.4 Å². The van der Waals surface area contributed by atoms with Gasteiger partial charge in [0, 0.05) is 17.8 Å². The molecule has 0 unspecified atom stereocenters. The fourth-order valence-corrected chi connectivity index (χ4v) is 1.83. The van der Waals surface area contributed by atoms with Gasteiger partial charge in [0.2, 0.25) is 5.88 Å². The first-order valence-corrected chi connectivity index (χ1v) is 5.75. The van der Waals surface area contributed by atoms with Crippen LogP contribution in [0, 0.1) is 11.3 Å². The summed E-state index contributed by atoms with van der Waals surface area (Å²) in [5.74, 6) is 0.946. The summed E-state index contributed by atoms with van der Waals surface area (Å²) in [6.45, 7) is 0. The summed E-state index contributed by atoms with van der Waals surface area (Å²) >= 11 is 0. The van der Waals surface area contributed by atoms with Gasteiger partial charge in [-0.15, -0.1) is 0 Å². The smallest absolute Gasteiger partial charge is 0.237 e. The van der Waals surface area contributed by atoms with Crippen LogP contribution in [0.5, 0.6) is 11.6 Å². The molecule has 3 rings (SSSR count). The van der Waals surface area contributed by atoms with Crippen molar-refractivity contribution < 1.29 is 4.74 Å². The van der Waals surface area contributed by atoms with Gasteiger partial charge in [0.05, 0.1) is 5.52 Å². The third-order valence-electron chi connectivity index (χ3n) is 2.70. The molecule has 90 valence electrons. The summed E-state index contributed by atoms with van der Waals surface area (Å²) in [5.41, 5.74) is 1.25. The number of ether oxygens (including phenoxy) is 1. The summed E-state index contributed by atoms with van der Waals surface area (Å²) in [6.07, 6.45) is 3.33. The van der Waals surface area contributed by atoms with Gasteiger partial charge in [-0.1, -0.05) is 6.07 Å². The third-order valence-corrected chi connectivity index (χ3v) is 2.70. The Balaban J connectivity index is 2.09. The molecule has 4 heteroatoms. The van der Waals surface area contributed by atoms with Crippen molar-refractivity contribution in [1.29, 1.82) is 5.26 Å². The maximum absolute atomic E-state index is 9.03. The molecule has 0 saturated heterocycles. The van der Waals surface area contributed by atoms with Crippen LogP contribution >= 0.6 is 0 Å². The molecule has 0 amide bonds. The molecule has 0 aliphatic heterocycles. The lowest BCUT2D eigenvalue weighted by Crippen LogP contribution is -1.92. The average molecular weight is 247 g/mol. The SMILES string of the molecule is N#Cc1cccnc1Oc1cccc2ncccc12. The Bertz CT molecular complexity index is 772. The van der Waals surface area contributed by atoms with Gasteiger partial charge in [-0.25, -0.2) is 4.98 Å². The second-order valence-corrected chi connectivity index (χ2v) is 3.90. The molecule has 0 radical (unpaired) electrons. The highest BCUT2D eigenvalue weighted by atomic mass is 16.5. The third kappa shape index (κ3) is 2.09. The molecule has 0 spiro atoms. The van der Waals surface area contributed by atoms with E-state index in [0.717, 1.165) is 10.9 Å². The zero-order valence-corrected chi connectivity index (χ0v) is 9.95. The molecule has 2 heterocycles. The zero-order chi connectivity index (χ0) is 13.1. The van der Waals surface area contributed by atoms with Crippen LogP contribution in [0.25, 0.3) is 10.9 Å². The summed E-state index contributed by atoms with van der Waals surface area (Å²) < 4.78 is 5.74. The number of aromatic nitrogens is 2. The molecule has 0 aliphatic rings. The van der Waals surface area contributed by atoms with Crippen molar-refractivity contribution in [2.45, 2.75) is 0 Å². The predicted molar refractivity (Wildman–Crippen MR) is 70.8 cm³/mol. The van der Waals surface area contributed by atoms with E-state index in [4.69, 9.17) is 10.00 Å². The number of hydrogen-bond acceptors (Lipinski definition) is 4. The second-order valence-electron chi connectivity index (χ2n) is 3.90. The normalized spacial score (nSPS) is 10.1. The van der Waals surface area contributed by atoms with Gasteiger partial charge in [0.15, 0.2) is 0 Å². The molecule has 2 aromatic heterocycles. The maximum Gasteiger partial charge on any atom is 0.237 e. The summed E-state index contributed by atoms with van der Waals surface area (Å²) in [6, 6.07) is 14.8. The van der Waals surface area contributed by atoms with Crippen LogP contribution in [0.15, 0.2) is 54.9 Å². The van der Waals surface area contributed by atoms with Crippen LogP contribution in [0.4, 0.5) is 0 Å². The molecular formula is C15H9N3O. The van der Waals surface area contributed by atoms with Gasteiger partial charge < -0.3 is 4.74 Å². The molecule has 0 aliphatic carbocycles. The Morgan fingerprint density at radius 3 is 2.68 bits per heavy atom. The monoisotopic (exact) mass is 247 g/mol. The molecule has 1 aromatic carbocycles. The van der Waals surface area contributed by atoms with Gasteiger partial charge >= 0.3 is 0 Å². The van der Waals surface area contributed by atoms with Crippen molar-refractivity contribution in [3.63, 3.8) is 0 Å². The number of hydrogen-bond donors (Lipinski definition) is 0. The number of nitriles is 1. The van der Waals surface area contributed by atoms with Gasteiger partial charge in [-0.2, -0.15) is 5.26 Å². The number of benzene rings is 1. The molecule has 19 heavy (non-hydrogen) atoms. The lowest BCUT2D eigenvalue weighted by molar-refractivity contribution is 0.466. The average Bonchev–Trinajstić information content (AvgIpc) is 2.48. The van der Waals surface area contributed by atoms with Gasteiger partial charge in [-0.3, -0.25) is 4.98 Å². The largest absolute Gasteiger partial charge is 0.437 e. The highest BCUT2D eigenvalue weighted by molar-refractivity contribution is 5.85. The maximum atomic E-state index is 9.03. The molecule has 3 aromatic rings. The fraction of sp³-hybridized carbons (Fsp3) is 0. The van der Waals surface area contributed by atoms with Crippen molar-refractivity contribution in [2.75, 3.05) is 0 Å². The number of fused-ring (bicyclic) bond motifs is 1. The highest BCUT2D eigenvalue weighted by Crippen LogP contribution is 2.29.